The molecule has 0 aliphatic rings. The molecule has 2 N–H and O–H groups in total. The summed E-state index contributed by atoms with van der Waals surface area (Å²) >= 11 is 6.20. The number of aromatic carboxylic acids is 1. The molecule has 1 aromatic heterocycles. The summed E-state index contributed by atoms with van der Waals surface area (Å²) in [7, 11) is -2.44. The Hall–Kier alpha value is -1.71. The lowest BCUT2D eigenvalue weighted by Crippen LogP contribution is -2.45. The van der Waals surface area contributed by atoms with Crippen LogP contribution in [-0.2, 0) is 15.3 Å². The van der Waals surface area contributed by atoms with Crippen molar-refractivity contribution in [2.24, 2.45) is 0 Å². The number of hydrogen-bond donors (Lipinski definition) is 2. The Kier molecular flexibility index (Phi) is 8.24. The van der Waals surface area contributed by atoms with Crippen molar-refractivity contribution < 1.29 is 23.2 Å². The third-order valence-electron chi connectivity index (χ3n) is 4.10. The normalized spacial score (nSPS) is 14.5. The van der Waals surface area contributed by atoms with E-state index >= 15 is 0 Å². The average Bonchev–Trinajstić information content (AvgIpc) is 3.05. The van der Waals surface area contributed by atoms with Gasteiger partial charge in [0.05, 0.1) is 11.7 Å². The topological polar surface area (TPSA) is 93.8 Å². The number of carboxylic acids is 1. The molecule has 9 heteroatoms. The minimum Gasteiger partial charge on any atom is -0.476 e. The number of oxazole rings is 1. The van der Waals surface area contributed by atoms with Crippen LogP contribution in [0.1, 0.15) is 55.7 Å². The molecular weight excluding hydrogens is 424 g/mol. The quantitative estimate of drug-likeness (QED) is 0.497. The maximum absolute atomic E-state index is 11.0. The molecule has 2 aromatic rings. The maximum atomic E-state index is 11.0. The van der Waals surface area contributed by atoms with Crippen LogP contribution in [0.2, 0.25) is 18.1 Å². The van der Waals surface area contributed by atoms with E-state index in [1.807, 2.05) is 65.1 Å². The van der Waals surface area contributed by atoms with Crippen molar-refractivity contribution in [1.82, 2.24) is 10.3 Å². The molecule has 0 saturated heterocycles. The first-order valence-corrected chi connectivity index (χ1v) is 13.1. The zero-order valence-electron chi connectivity index (χ0n) is 18.4. The monoisotopic (exact) mass is 454 g/mol. The van der Waals surface area contributed by atoms with E-state index in [0.717, 1.165) is 11.8 Å². The molecule has 0 radical (unpaired) electrons. The molecular formula is C21H31ClN2O5Si. The number of halogens is 1. The van der Waals surface area contributed by atoms with Gasteiger partial charge < -0.3 is 23.7 Å². The molecule has 2 rings (SSSR count). The summed E-state index contributed by atoms with van der Waals surface area (Å²) < 4.78 is 17.9. The van der Waals surface area contributed by atoms with E-state index in [9.17, 15) is 4.79 Å². The van der Waals surface area contributed by atoms with Crippen molar-refractivity contribution in [2.75, 3.05) is 6.54 Å². The second kappa shape index (κ2) is 10.1. The fraction of sp³-hybridized carbons (Fsp3) is 0.524. The summed E-state index contributed by atoms with van der Waals surface area (Å²) in [5.74, 6) is -0.732. The minimum atomic E-state index is -2.44. The van der Waals surface area contributed by atoms with Crippen molar-refractivity contribution >= 4 is 26.1 Å². The second-order valence-corrected chi connectivity index (χ2v) is 12.4. The zero-order chi connectivity index (χ0) is 22.5. The van der Waals surface area contributed by atoms with Crippen LogP contribution in [0.3, 0.4) is 0 Å². The first kappa shape index (κ1) is 24.6. The predicted octanol–water partition coefficient (Wildman–Crippen LogP) is 4.82. The lowest BCUT2D eigenvalue weighted by atomic mass is 10.1. The van der Waals surface area contributed by atoms with E-state index in [4.69, 9.17) is 30.0 Å². The number of carboxylic acid groups (broad SMARTS) is 1. The number of aromatic nitrogens is 1. The van der Waals surface area contributed by atoms with Crippen molar-refractivity contribution in [2.45, 2.75) is 65.0 Å². The van der Waals surface area contributed by atoms with Gasteiger partial charge in [-0.2, -0.15) is 0 Å². The summed E-state index contributed by atoms with van der Waals surface area (Å²) in [5.41, 5.74) is 0.566. The molecule has 0 aliphatic carbocycles. The van der Waals surface area contributed by atoms with Crippen LogP contribution < -0.4 is 5.32 Å². The molecule has 7 nitrogen and oxygen atoms in total. The van der Waals surface area contributed by atoms with Gasteiger partial charge in [0, 0.05) is 24.0 Å². The van der Waals surface area contributed by atoms with Crippen molar-refractivity contribution in [3.63, 3.8) is 0 Å². The molecule has 30 heavy (non-hydrogen) atoms. The molecule has 0 fully saturated rings. The van der Waals surface area contributed by atoms with Gasteiger partial charge in [0.25, 0.3) is 0 Å². The number of rotatable bonds is 10. The molecule has 1 heterocycles. The first-order valence-electron chi connectivity index (χ1n) is 9.89. The van der Waals surface area contributed by atoms with E-state index in [1.54, 1.807) is 0 Å². The van der Waals surface area contributed by atoms with Gasteiger partial charge in [-0.1, -0.05) is 23.7 Å². The highest BCUT2D eigenvalue weighted by Gasteiger charge is 2.34. The number of nitrogens with one attached hydrogen (secondary N) is 1. The Morgan fingerprint density at radius 3 is 2.63 bits per heavy atom. The standard InChI is InChI=1S/C21H31ClN2O5Si/c1-14(10-19-24-17(13-27-19)20(25)26)23-12-18(15-8-7-9-16(22)11-15)28-30(5,6)29-21(2,3)4/h7-9,11,13-14,18,23H,10,12H2,1-6H3,(H,25,26)/t14?,18-/m0/s1. The molecule has 0 spiro atoms. The Bertz CT molecular complexity index is 850. The number of carbonyl (C=O) groups is 1. The maximum Gasteiger partial charge on any atom is 0.357 e. The second-order valence-electron chi connectivity index (χ2n) is 8.72. The summed E-state index contributed by atoms with van der Waals surface area (Å²) in [6.45, 7) is 12.6. The predicted molar refractivity (Wildman–Crippen MR) is 118 cm³/mol. The molecule has 1 aromatic carbocycles. The van der Waals surface area contributed by atoms with Crippen molar-refractivity contribution in [3.8, 4) is 0 Å². The van der Waals surface area contributed by atoms with Gasteiger partial charge in [-0.15, -0.1) is 0 Å². The van der Waals surface area contributed by atoms with Crippen LogP contribution >= 0.6 is 11.6 Å². The van der Waals surface area contributed by atoms with Gasteiger partial charge in [-0.25, -0.2) is 9.78 Å². The zero-order valence-corrected chi connectivity index (χ0v) is 20.1. The summed E-state index contributed by atoms with van der Waals surface area (Å²) in [6, 6.07) is 7.60. The van der Waals surface area contributed by atoms with E-state index < -0.39 is 14.5 Å². The molecule has 166 valence electrons. The van der Waals surface area contributed by atoms with Crippen LogP contribution in [0.4, 0.5) is 0 Å². The number of nitrogens with zero attached hydrogens (tertiary/aromatic N) is 1. The Balaban J connectivity index is 2.07. The fourth-order valence-electron chi connectivity index (χ4n) is 3.18. The van der Waals surface area contributed by atoms with Gasteiger partial charge in [0.1, 0.15) is 6.26 Å². The van der Waals surface area contributed by atoms with Gasteiger partial charge in [0.2, 0.25) is 0 Å². The third-order valence-corrected chi connectivity index (χ3v) is 6.29. The largest absolute Gasteiger partial charge is 0.476 e. The molecule has 0 saturated carbocycles. The molecule has 0 bridgehead atoms. The van der Waals surface area contributed by atoms with E-state index in [0.29, 0.717) is 23.9 Å². The SMILES string of the molecule is CC(Cc1nc(C(=O)O)co1)NC[C@H](O[Si](C)(C)OC(C)(C)C)c1cccc(Cl)c1. The van der Waals surface area contributed by atoms with Crippen LogP contribution in [-0.4, -0.2) is 42.8 Å². The van der Waals surface area contributed by atoms with Crippen LogP contribution in [0.5, 0.6) is 0 Å². The summed E-state index contributed by atoms with van der Waals surface area (Å²) in [5, 5.41) is 13.0. The van der Waals surface area contributed by atoms with Gasteiger partial charge >= 0.3 is 14.5 Å². The van der Waals surface area contributed by atoms with E-state index in [1.165, 1.54) is 0 Å². The van der Waals surface area contributed by atoms with E-state index in [-0.39, 0.29) is 23.4 Å². The van der Waals surface area contributed by atoms with Crippen LogP contribution in [0.25, 0.3) is 0 Å². The Morgan fingerprint density at radius 1 is 1.37 bits per heavy atom. The Labute approximate surface area is 184 Å². The molecule has 0 amide bonds. The third kappa shape index (κ3) is 8.20. The van der Waals surface area contributed by atoms with Crippen molar-refractivity contribution in [1.29, 1.82) is 0 Å². The highest BCUT2D eigenvalue weighted by Crippen LogP contribution is 2.27. The van der Waals surface area contributed by atoms with Gasteiger partial charge in [-0.05, 0) is 58.5 Å². The van der Waals surface area contributed by atoms with Gasteiger partial charge in [-0.3, -0.25) is 0 Å². The average molecular weight is 455 g/mol. The number of benzene rings is 1. The fourth-order valence-corrected chi connectivity index (χ4v) is 5.81. The smallest absolute Gasteiger partial charge is 0.357 e. The number of hydrogen-bond acceptors (Lipinski definition) is 6. The summed E-state index contributed by atoms with van der Waals surface area (Å²) in [6.07, 6.45) is 1.35. The van der Waals surface area contributed by atoms with E-state index in [2.05, 4.69) is 10.3 Å². The van der Waals surface area contributed by atoms with Gasteiger partial charge in [0.15, 0.2) is 11.6 Å². The van der Waals surface area contributed by atoms with Crippen LogP contribution in [0, 0.1) is 0 Å². The molecule has 1 unspecified atom stereocenters. The van der Waals surface area contributed by atoms with Crippen molar-refractivity contribution in [3.05, 3.63) is 52.7 Å². The highest BCUT2D eigenvalue weighted by atomic mass is 35.5. The molecule has 2 atom stereocenters. The Morgan fingerprint density at radius 2 is 2.07 bits per heavy atom. The summed E-state index contributed by atoms with van der Waals surface area (Å²) in [4.78, 5) is 14.9. The first-order chi connectivity index (χ1) is 13.8. The lowest BCUT2D eigenvalue weighted by Gasteiger charge is -2.35. The lowest BCUT2D eigenvalue weighted by molar-refractivity contribution is 0.0459. The molecule has 0 aliphatic heterocycles. The highest BCUT2D eigenvalue weighted by molar-refractivity contribution is 6.64. The minimum absolute atomic E-state index is 0.0103. The van der Waals surface area contributed by atoms with Crippen LogP contribution in [0.15, 0.2) is 34.9 Å².